The normalized spacial score (nSPS) is 13.7. The lowest BCUT2D eigenvalue weighted by molar-refractivity contribution is 0.661. The molecule has 9 rings (SSSR count). The molecule has 0 unspecified atom stereocenters. The van der Waals surface area contributed by atoms with Gasteiger partial charge in [0.2, 0.25) is 0 Å². The average molecular weight is 538 g/mol. The molecule has 0 N–H and O–H groups in total. The molecule has 0 saturated carbocycles. The van der Waals surface area contributed by atoms with Gasteiger partial charge in [0, 0.05) is 44.4 Å². The summed E-state index contributed by atoms with van der Waals surface area (Å²) in [6.07, 6.45) is 1.84. The lowest BCUT2D eigenvalue weighted by atomic mass is 9.82. The second kappa shape index (κ2) is 8.37. The molecule has 3 heterocycles. The van der Waals surface area contributed by atoms with Crippen molar-refractivity contribution < 1.29 is 0 Å². The highest BCUT2D eigenvalue weighted by atomic mass is 15.0. The Kier molecular flexibility index (Phi) is 4.67. The van der Waals surface area contributed by atoms with Gasteiger partial charge in [0.25, 0.3) is 0 Å². The van der Waals surface area contributed by atoms with Gasteiger partial charge < -0.3 is 4.57 Å². The highest BCUT2D eigenvalue weighted by Crippen LogP contribution is 2.50. The van der Waals surface area contributed by atoms with Crippen LogP contribution in [0.2, 0.25) is 0 Å². The van der Waals surface area contributed by atoms with Crippen LogP contribution in [0.25, 0.3) is 71.7 Å². The van der Waals surface area contributed by atoms with E-state index in [4.69, 9.17) is 4.98 Å². The van der Waals surface area contributed by atoms with Crippen LogP contribution in [0.3, 0.4) is 0 Å². The molecule has 3 nitrogen and oxygen atoms in total. The van der Waals surface area contributed by atoms with E-state index >= 15 is 0 Å². The Morgan fingerprint density at radius 3 is 2.21 bits per heavy atom. The summed E-state index contributed by atoms with van der Waals surface area (Å²) in [7, 11) is 0. The Morgan fingerprint density at radius 1 is 0.571 bits per heavy atom. The number of pyridine rings is 2. The van der Waals surface area contributed by atoms with Gasteiger partial charge in [-0.25, -0.2) is 4.98 Å². The predicted molar refractivity (Wildman–Crippen MR) is 174 cm³/mol. The summed E-state index contributed by atoms with van der Waals surface area (Å²) in [5.74, 6) is 0. The molecule has 42 heavy (non-hydrogen) atoms. The summed E-state index contributed by atoms with van der Waals surface area (Å²) in [5.41, 5.74) is 13.0. The van der Waals surface area contributed by atoms with Gasteiger partial charge in [0.1, 0.15) is 0 Å². The number of hydrogen-bond donors (Lipinski definition) is 0. The fraction of sp³-hybridized carbons (Fsp3) is 0.0769. The molecular formula is C39H27N3. The van der Waals surface area contributed by atoms with Crippen LogP contribution in [-0.4, -0.2) is 14.5 Å². The molecule has 0 bridgehead atoms. The summed E-state index contributed by atoms with van der Waals surface area (Å²) in [5, 5.41) is 4.78. The molecular weight excluding hydrogens is 510 g/mol. The van der Waals surface area contributed by atoms with E-state index in [9.17, 15) is 0 Å². The van der Waals surface area contributed by atoms with Crippen LogP contribution < -0.4 is 0 Å². The van der Waals surface area contributed by atoms with Crippen molar-refractivity contribution in [1.82, 2.24) is 14.5 Å². The highest BCUT2D eigenvalue weighted by molar-refractivity contribution is 6.11. The van der Waals surface area contributed by atoms with Crippen molar-refractivity contribution >= 4 is 43.6 Å². The van der Waals surface area contributed by atoms with Crippen LogP contribution in [0.4, 0.5) is 0 Å². The van der Waals surface area contributed by atoms with Gasteiger partial charge in [0.15, 0.2) is 0 Å². The molecule has 8 aromatic rings. The summed E-state index contributed by atoms with van der Waals surface area (Å²) >= 11 is 0. The Hall–Kier alpha value is -5.28. The molecule has 0 aliphatic heterocycles. The van der Waals surface area contributed by atoms with E-state index in [0.29, 0.717) is 0 Å². The van der Waals surface area contributed by atoms with Crippen molar-refractivity contribution in [2.75, 3.05) is 0 Å². The summed E-state index contributed by atoms with van der Waals surface area (Å²) < 4.78 is 2.41. The van der Waals surface area contributed by atoms with E-state index in [1.54, 1.807) is 0 Å². The molecule has 3 aromatic heterocycles. The third-order valence-corrected chi connectivity index (χ3v) is 9.23. The lowest BCUT2D eigenvalue weighted by Gasteiger charge is -2.21. The largest absolute Gasteiger partial charge is 0.309 e. The minimum Gasteiger partial charge on any atom is -0.309 e. The third kappa shape index (κ3) is 3.16. The molecule has 0 spiro atoms. The van der Waals surface area contributed by atoms with Crippen LogP contribution in [0.5, 0.6) is 0 Å². The molecule has 0 amide bonds. The first kappa shape index (κ1) is 23.4. The molecule has 0 fully saturated rings. The van der Waals surface area contributed by atoms with Crippen molar-refractivity contribution in [2.24, 2.45) is 0 Å². The lowest BCUT2D eigenvalue weighted by Crippen LogP contribution is -2.14. The highest BCUT2D eigenvalue weighted by Gasteiger charge is 2.36. The van der Waals surface area contributed by atoms with Crippen molar-refractivity contribution in [3.05, 3.63) is 139 Å². The number of benzene rings is 5. The first-order valence-corrected chi connectivity index (χ1v) is 14.5. The van der Waals surface area contributed by atoms with Crippen molar-refractivity contribution in [3.63, 3.8) is 0 Å². The predicted octanol–water partition coefficient (Wildman–Crippen LogP) is 9.85. The SMILES string of the molecule is CC1(C)c2ccccc2-c2cc3c(cc21)c1ccccc1n3-c1ccc(-c2ccc3ccc4cccnc4c3n2)cc1. The maximum absolute atomic E-state index is 5.07. The third-order valence-electron chi connectivity index (χ3n) is 9.23. The zero-order chi connectivity index (χ0) is 28.0. The van der Waals surface area contributed by atoms with E-state index in [1.807, 2.05) is 12.3 Å². The van der Waals surface area contributed by atoms with Gasteiger partial charge in [-0.2, -0.15) is 0 Å². The zero-order valence-electron chi connectivity index (χ0n) is 23.5. The first-order chi connectivity index (χ1) is 20.6. The number of rotatable bonds is 2. The van der Waals surface area contributed by atoms with Crippen LogP contribution in [0.15, 0.2) is 128 Å². The van der Waals surface area contributed by atoms with Crippen molar-refractivity contribution in [2.45, 2.75) is 19.3 Å². The van der Waals surface area contributed by atoms with Crippen LogP contribution in [0, 0.1) is 0 Å². The fourth-order valence-electron chi connectivity index (χ4n) is 7.11. The number of nitrogens with zero attached hydrogens (tertiary/aromatic N) is 3. The molecule has 3 heteroatoms. The standard InChI is InChI=1S/C39H27N3/c1-39(2)32-11-5-3-9-28(32)30-23-36-31(22-33(30)39)29-10-4-6-12-35(29)42(36)27-18-15-24(16-19-27)34-20-17-26-14-13-25-8-7-21-40-37(25)38(26)41-34/h3-23H,1-2H3. The Balaban J connectivity index is 1.22. The van der Waals surface area contributed by atoms with Crippen molar-refractivity contribution in [3.8, 4) is 28.1 Å². The first-order valence-electron chi connectivity index (χ1n) is 14.5. The average Bonchev–Trinajstić information content (AvgIpc) is 3.48. The van der Waals surface area contributed by atoms with Gasteiger partial charge in [-0.05, 0) is 64.7 Å². The monoisotopic (exact) mass is 537 g/mol. The van der Waals surface area contributed by atoms with Crippen LogP contribution in [0.1, 0.15) is 25.0 Å². The van der Waals surface area contributed by atoms with E-state index in [0.717, 1.165) is 38.8 Å². The molecule has 1 aliphatic rings. The number of hydrogen-bond acceptors (Lipinski definition) is 2. The Labute approximate surface area is 243 Å². The summed E-state index contributed by atoms with van der Waals surface area (Å²) in [4.78, 5) is 9.70. The Morgan fingerprint density at radius 2 is 1.33 bits per heavy atom. The summed E-state index contributed by atoms with van der Waals surface area (Å²) in [6.45, 7) is 4.70. The minimum atomic E-state index is -0.0291. The molecule has 0 atom stereocenters. The molecule has 5 aromatic carbocycles. The molecule has 0 saturated heterocycles. The van der Waals surface area contributed by atoms with Crippen molar-refractivity contribution in [1.29, 1.82) is 0 Å². The van der Waals surface area contributed by atoms with Gasteiger partial charge in [0.05, 0.1) is 27.8 Å². The topological polar surface area (TPSA) is 30.7 Å². The quantitative estimate of drug-likeness (QED) is 0.205. The number of para-hydroxylation sites is 1. The van der Waals surface area contributed by atoms with E-state index in [1.165, 1.54) is 44.1 Å². The maximum atomic E-state index is 5.07. The van der Waals surface area contributed by atoms with E-state index in [-0.39, 0.29) is 5.41 Å². The molecule has 0 radical (unpaired) electrons. The van der Waals surface area contributed by atoms with Crippen LogP contribution >= 0.6 is 0 Å². The number of fused-ring (bicyclic) bond motifs is 9. The van der Waals surface area contributed by atoms with E-state index < -0.39 is 0 Å². The summed E-state index contributed by atoms with van der Waals surface area (Å²) in [6, 6.07) is 43.9. The van der Waals surface area contributed by atoms with E-state index in [2.05, 4.69) is 139 Å². The molecule has 1 aliphatic carbocycles. The maximum Gasteiger partial charge on any atom is 0.0972 e. The fourth-order valence-corrected chi connectivity index (χ4v) is 7.11. The molecule has 198 valence electrons. The van der Waals surface area contributed by atoms with Gasteiger partial charge in [-0.3, -0.25) is 4.98 Å². The smallest absolute Gasteiger partial charge is 0.0972 e. The number of aromatic nitrogens is 3. The second-order valence-electron chi connectivity index (χ2n) is 11.9. The Bertz CT molecular complexity index is 2380. The van der Waals surface area contributed by atoms with Gasteiger partial charge in [-0.1, -0.05) is 92.7 Å². The minimum absolute atomic E-state index is 0.0291. The van der Waals surface area contributed by atoms with Crippen LogP contribution in [-0.2, 0) is 5.41 Å². The second-order valence-corrected chi connectivity index (χ2v) is 11.9. The van der Waals surface area contributed by atoms with Gasteiger partial charge in [-0.15, -0.1) is 0 Å². The zero-order valence-corrected chi connectivity index (χ0v) is 23.5. The van der Waals surface area contributed by atoms with Gasteiger partial charge >= 0.3 is 0 Å².